The first-order valence-corrected chi connectivity index (χ1v) is 4.64. The second kappa shape index (κ2) is 4.28. The van der Waals surface area contributed by atoms with Crippen molar-refractivity contribution in [3.63, 3.8) is 0 Å². The van der Waals surface area contributed by atoms with Gasteiger partial charge < -0.3 is 10.8 Å². The van der Waals surface area contributed by atoms with Crippen LogP contribution >= 0.6 is 15.9 Å². The Labute approximate surface area is 84.7 Å². The molecule has 1 aromatic rings. The maximum atomic E-state index is 10.3. The van der Waals surface area contributed by atoms with Crippen LogP contribution in [0.3, 0.4) is 0 Å². The van der Waals surface area contributed by atoms with Gasteiger partial charge in [0.25, 0.3) is 0 Å². The summed E-state index contributed by atoms with van der Waals surface area (Å²) in [6.45, 7) is 0. The first-order chi connectivity index (χ1) is 6.09. The Bertz CT molecular complexity index is 325. The minimum absolute atomic E-state index is 0.140. The molecule has 13 heavy (non-hydrogen) atoms. The number of nitrogens with two attached hydrogens (primary N) is 1. The number of hydrogen-bond donors (Lipinski definition) is 2. The molecule has 0 aromatic heterocycles. The predicted octanol–water partition coefficient (Wildman–Crippen LogP) is 2.05. The maximum absolute atomic E-state index is 10.3. The van der Waals surface area contributed by atoms with Crippen molar-refractivity contribution in [1.82, 2.24) is 0 Å². The van der Waals surface area contributed by atoms with Gasteiger partial charge in [-0.1, -0.05) is 6.07 Å². The van der Waals surface area contributed by atoms with E-state index in [1.807, 2.05) is 12.1 Å². The number of benzene rings is 1. The van der Waals surface area contributed by atoms with Gasteiger partial charge in [-0.05, 0) is 40.0 Å². The van der Waals surface area contributed by atoms with Crippen molar-refractivity contribution in [2.24, 2.45) is 0 Å². The molecular formula is C9H10BrNO2. The molecule has 0 saturated heterocycles. The summed E-state index contributed by atoms with van der Waals surface area (Å²) in [6.07, 6.45) is 0.661. The normalized spacial score (nSPS) is 9.92. The lowest BCUT2D eigenvalue weighted by atomic mass is 10.1. The number of carboxylic acids is 1. The first-order valence-electron chi connectivity index (χ1n) is 3.85. The molecule has 0 bridgehead atoms. The smallest absolute Gasteiger partial charge is 0.303 e. The lowest BCUT2D eigenvalue weighted by Gasteiger charge is -2.02. The van der Waals surface area contributed by atoms with Crippen LogP contribution in [0.25, 0.3) is 0 Å². The van der Waals surface area contributed by atoms with Crippen molar-refractivity contribution in [3.05, 3.63) is 28.2 Å². The van der Waals surface area contributed by atoms with Gasteiger partial charge in [-0.25, -0.2) is 0 Å². The van der Waals surface area contributed by atoms with Crippen LogP contribution in [-0.4, -0.2) is 11.1 Å². The molecule has 3 N–H and O–H groups in total. The molecule has 1 aromatic carbocycles. The molecule has 0 saturated carbocycles. The van der Waals surface area contributed by atoms with Crippen molar-refractivity contribution in [1.29, 1.82) is 0 Å². The fraction of sp³-hybridized carbons (Fsp3) is 0.222. The average molecular weight is 244 g/mol. The number of hydrogen-bond acceptors (Lipinski definition) is 2. The first kappa shape index (κ1) is 10.1. The number of aliphatic carboxylic acids is 1. The second-order valence-corrected chi connectivity index (χ2v) is 3.60. The van der Waals surface area contributed by atoms with E-state index in [0.717, 1.165) is 10.0 Å². The minimum atomic E-state index is -0.790. The van der Waals surface area contributed by atoms with E-state index in [1.54, 1.807) is 6.07 Å². The third kappa shape index (κ3) is 3.06. The number of rotatable bonds is 3. The van der Waals surface area contributed by atoms with Gasteiger partial charge in [-0.3, -0.25) is 4.79 Å². The summed E-state index contributed by atoms with van der Waals surface area (Å²) in [5.41, 5.74) is 7.22. The van der Waals surface area contributed by atoms with Crippen LogP contribution in [-0.2, 0) is 11.2 Å². The Hall–Kier alpha value is -1.03. The molecule has 0 heterocycles. The summed E-state index contributed by atoms with van der Waals surface area (Å²) in [6, 6.07) is 5.48. The van der Waals surface area contributed by atoms with Gasteiger partial charge in [-0.15, -0.1) is 0 Å². The summed E-state index contributed by atoms with van der Waals surface area (Å²) in [5.74, 6) is -0.790. The van der Waals surface area contributed by atoms with Gasteiger partial charge in [0.1, 0.15) is 0 Å². The van der Waals surface area contributed by atoms with Crippen LogP contribution in [0.1, 0.15) is 12.0 Å². The average Bonchev–Trinajstić information content (AvgIpc) is 2.07. The van der Waals surface area contributed by atoms with E-state index >= 15 is 0 Å². The lowest BCUT2D eigenvalue weighted by molar-refractivity contribution is -0.136. The predicted molar refractivity (Wildman–Crippen MR) is 54.5 cm³/mol. The van der Waals surface area contributed by atoms with Crippen LogP contribution in [0.5, 0.6) is 0 Å². The fourth-order valence-electron chi connectivity index (χ4n) is 1.000. The van der Waals surface area contributed by atoms with Crippen LogP contribution in [0.4, 0.5) is 5.69 Å². The highest BCUT2D eigenvalue weighted by Crippen LogP contribution is 2.20. The van der Waals surface area contributed by atoms with E-state index in [1.165, 1.54) is 0 Å². The molecule has 0 spiro atoms. The van der Waals surface area contributed by atoms with E-state index in [4.69, 9.17) is 10.8 Å². The maximum Gasteiger partial charge on any atom is 0.303 e. The molecule has 1 rings (SSSR count). The summed E-state index contributed by atoms with van der Waals surface area (Å²) >= 11 is 3.27. The van der Waals surface area contributed by atoms with E-state index in [9.17, 15) is 4.79 Å². The van der Waals surface area contributed by atoms with Gasteiger partial charge in [0, 0.05) is 16.6 Å². The highest BCUT2D eigenvalue weighted by atomic mass is 79.9. The number of carboxylic acid groups (broad SMARTS) is 1. The second-order valence-electron chi connectivity index (χ2n) is 2.75. The van der Waals surface area contributed by atoms with Gasteiger partial charge in [0.05, 0.1) is 0 Å². The molecule has 0 amide bonds. The zero-order chi connectivity index (χ0) is 9.84. The summed E-state index contributed by atoms with van der Waals surface area (Å²) in [7, 11) is 0. The summed E-state index contributed by atoms with van der Waals surface area (Å²) < 4.78 is 0.839. The lowest BCUT2D eigenvalue weighted by Crippen LogP contribution is -1.98. The van der Waals surface area contributed by atoms with E-state index in [-0.39, 0.29) is 6.42 Å². The Morgan fingerprint density at radius 1 is 1.54 bits per heavy atom. The van der Waals surface area contributed by atoms with Crippen molar-refractivity contribution in [3.8, 4) is 0 Å². The van der Waals surface area contributed by atoms with Crippen LogP contribution in [0.15, 0.2) is 22.7 Å². The van der Waals surface area contributed by atoms with Gasteiger partial charge >= 0.3 is 5.97 Å². The molecule has 0 radical (unpaired) electrons. The molecule has 0 aliphatic carbocycles. The minimum Gasteiger partial charge on any atom is -0.481 e. The van der Waals surface area contributed by atoms with Crippen LogP contribution in [0.2, 0.25) is 0 Å². The van der Waals surface area contributed by atoms with Crippen molar-refractivity contribution in [2.75, 3.05) is 5.73 Å². The SMILES string of the molecule is Nc1cc(CCC(=O)O)ccc1Br. The highest BCUT2D eigenvalue weighted by molar-refractivity contribution is 9.10. The number of aryl methyl sites for hydroxylation is 1. The Morgan fingerprint density at radius 2 is 2.23 bits per heavy atom. The molecule has 0 aliphatic heterocycles. The molecule has 0 unspecified atom stereocenters. The van der Waals surface area contributed by atoms with Gasteiger partial charge in [0.2, 0.25) is 0 Å². The van der Waals surface area contributed by atoms with E-state index < -0.39 is 5.97 Å². The molecule has 0 atom stereocenters. The largest absolute Gasteiger partial charge is 0.481 e. The number of anilines is 1. The highest BCUT2D eigenvalue weighted by Gasteiger charge is 2.01. The standard InChI is InChI=1S/C9H10BrNO2/c10-7-3-1-6(5-8(7)11)2-4-9(12)13/h1,3,5H,2,4,11H2,(H,12,13). The molecule has 0 fully saturated rings. The van der Waals surface area contributed by atoms with E-state index in [0.29, 0.717) is 12.1 Å². The number of nitrogen functional groups attached to an aromatic ring is 1. The monoisotopic (exact) mass is 243 g/mol. The zero-order valence-electron chi connectivity index (χ0n) is 6.96. The number of carbonyl (C=O) groups is 1. The molecular weight excluding hydrogens is 234 g/mol. The van der Waals surface area contributed by atoms with Crippen molar-refractivity contribution in [2.45, 2.75) is 12.8 Å². The van der Waals surface area contributed by atoms with E-state index in [2.05, 4.69) is 15.9 Å². The van der Waals surface area contributed by atoms with Crippen LogP contribution in [0, 0.1) is 0 Å². The summed E-state index contributed by atoms with van der Waals surface area (Å²) in [5, 5.41) is 8.46. The van der Waals surface area contributed by atoms with Crippen molar-refractivity contribution >= 4 is 27.6 Å². The quantitative estimate of drug-likeness (QED) is 0.800. The molecule has 4 heteroatoms. The van der Waals surface area contributed by atoms with Gasteiger partial charge in [0.15, 0.2) is 0 Å². The zero-order valence-corrected chi connectivity index (χ0v) is 8.54. The third-order valence-electron chi connectivity index (χ3n) is 1.69. The summed E-state index contributed by atoms with van der Waals surface area (Å²) in [4.78, 5) is 10.3. The molecule has 70 valence electrons. The van der Waals surface area contributed by atoms with Crippen LogP contribution < -0.4 is 5.73 Å². The number of halogens is 1. The Balaban J connectivity index is 2.68. The topological polar surface area (TPSA) is 63.3 Å². The Morgan fingerprint density at radius 3 is 2.77 bits per heavy atom. The molecule has 0 aliphatic rings. The van der Waals surface area contributed by atoms with Gasteiger partial charge in [-0.2, -0.15) is 0 Å². The third-order valence-corrected chi connectivity index (χ3v) is 2.41. The Kier molecular flexibility index (Phi) is 3.31. The molecule has 3 nitrogen and oxygen atoms in total. The van der Waals surface area contributed by atoms with Crippen molar-refractivity contribution < 1.29 is 9.90 Å². The fourth-order valence-corrected chi connectivity index (χ4v) is 1.25.